The van der Waals surface area contributed by atoms with E-state index in [2.05, 4.69) is 65.5 Å². The summed E-state index contributed by atoms with van der Waals surface area (Å²) in [5, 5.41) is 10.9. The zero-order chi connectivity index (χ0) is 26.4. The van der Waals surface area contributed by atoms with Crippen LogP contribution in [0.25, 0.3) is 0 Å². The first-order valence-electron chi connectivity index (χ1n) is 13.9. The van der Waals surface area contributed by atoms with Crippen molar-refractivity contribution in [2.45, 2.75) is 98.3 Å². The van der Waals surface area contributed by atoms with Gasteiger partial charge in [-0.1, -0.05) is 57.5 Å². The Hall–Kier alpha value is -2.04. The van der Waals surface area contributed by atoms with E-state index in [4.69, 9.17) is 4.74 Å². The van der Waals surface area contributed by atoms with Crippen LogP contribution in [0.3, 0.4) is 0 Å². The Morgan fingerprint density at radius 3 is 2.24 bits per heavy atom. The lowest BCUT2D eigenvalue weighted by atomic mass is 9.75. The molecule has 0 heterocycles. The van der Waals surface area contributed by atoms with Crippen LogP contribution in [-0.4, -0.2) is 40.7 Å². The highest BCUT2D eigenvalue weighted by molar-refractivity contribution is 5.90. The number of hydrogen-bond donors (Lipinski definition) is 1. The highest BCUT2D eigenvalue weighted by Crippen LogP contribution is 2.37. The molecule has 0 aliphatic heterocycles. The maximum atomic E-state index is 13.3. The molecular formula is C32H48ClNO3. The van der Waals surface area contributed by atoms with Crippen LogP contribution in [0.4, 0.5) is 0 Å². The molecule has 206 valence electrons. The standard InChI is InChI=1S/C32H47NO3.ClH/c1-21(2)27-15-13-24(7)19-31(27)36-32(35)26-14-16-30(34)29(20-26)28(25-11-9-8-10-12-25)17-18-33(22(3)4)23(5)6;/h8-12,14,16,20-24,27-28,31,34H,13,15,17-19H2,1-7H3;1H/t24-,27+,28-,31-;/m0./s1. The van der Waals surface area contributed by atoms with Crippen LogP contribution in [0.15, 0.2) is 48.5 Å². The molecule has 0 unspecified atom stereocenters. The van der Waals surface area contributed by atoms with Crippen LogP contribution in [0, 0.1) is 17.8 Å². The lowest BCUT2D eigenvalue weighted by Gasteiger charge is -2.36. The van der Waals surface area contributed by atoms with Crippen molar-refractivity contribution in [3.8, 4) is 5.75 Å². The van der Waals surface area contributed by atoms with E-state index >= 15 is 0 Å². The minimum atomic E-state index is -0.279. The Balaban J connectivity index is 0.00000481. The van der Waals surface area contributed by atoms with Gasteiger partial charge < -0.3 is 9.84 Å². The van der Waals surface area contributed by atoms with E-state index in [1.807, 2.05) is 24.3 Å². The van der Waals surface area contributed by atoms with E-state index in [9.17, 15) is 9.90 Å². The average molecular weight is 530 g/mol. The summed E-state index contributed by atoms with van der Waals surface area (Å²) in [5.74, 6) is 1.39. The van der Waals surface area contributed by atoms with Crippen LogP contribution in [0.5, 0.6) is 5.75 Å². The molecule has 0 aromatic heterocycles. The largest absolute Gasteiger partial charge is 0.508 e. The Bertz CT molecular complexity index is 967. The van der Waals surface area contributed by atoms with E-state index in [1.165, 1.54) is 6.42 Å². The topological polar surface area (TPSA) is 49.8 Å². The van der Waals surface area contributed by atoms with Crippen molar-refractivity contribution in [2.24, 2.45) is 17.8 Å². The van der Waals surface area contributed by atoms with E-state index < -0.39 is 0 Å². The highest BCUT2D eigenvalue weighted by atomic mass is 35.5. The number of phenolic OH excluding ortho intramolecular Hbond substituents is 1. The van der Waals surface area contributed by atoms with Gasteiger partial charge in [0.2, 0.25) is 0 Å². The quantitative estimate of drug-likeness (QED) is 0.316. The molecule has 0 saturated heterocycles. The number of phenols is 1. The van der Waals surface area contributed by atoms with Crippen molar-refractivity contribution in [3.05, 3.63) is 65.2 Å². The van der Waals surface area contributed by atoms with Crippen molar-refractivity contribution in [1.82, 2.24) is 4.90 Å². The first-order valence-corrected chi connectivity index (χ1v) is 13.9. The lowest BCUT2D eigenvalue weighted by Crippen LogP contribution is -2.38. The number of esters is 1. The molecule has 0 spiro atoms. The van der Waals surface area contributed by atoms with E-state index in [0.29, 0.717) is 35.4 Å². The predicted octanol–water partition coefficient (Wildman–Crippen LogP) is 8.07. The minimum absolute atomic E-state index is 0. The first-order chi connectivity index (χ1) is 17.1. The summed E-state index contributed by atoms with van der Waals surface area (Å²) < 4.78 is 6.13. The third-order valence-corrected chi connectivity index (χ3v) is 8.06. The number of carbonyl (C=O) groups is 1. The van der Waals surface area contributed by atoms with Gasteiger partial charge in [0.25, 0.3) is 0 Å². The van der Waals surface area contributed by atoms with E-state index in [0.717, 1.165) is 36.9 Å². The maximum absolute atomic E-state index is 13.3. The number of rotatable bonds is 10. The Morgan fingerprint density at radius 2 is 1.65 bits per heavy atom. The molecule has 1 N–H and O–H groups in total. The molecule has 1 aliphatic carbocycles. The van der Waals surface area contributed by atoms with Gasteiger partial charge in [-0.05, 0) is 95.0 Å². The third kappa shape index (κ3) is 8.22. The molecule has 1 aliphatic rings. The number of benzene rings is 2. The molecule has 1 saturated carbocycles. The molecule has 1 fully saturated rings. The van der Waals surface area contributed by atoms with Crippen LogP contribution in [0.2, 0.25) is 0 Å². The summed E-state index contributed by atoms with van der Waals surface area (Å²) in [6, 6.07) is 16.4. The summed E-state index contributed by atoms with van der Waals surface area (Å²) in [5.41, 5.74) is 2.46. The van der Waals surface area contributed by atoms with Gasteiger partial charge in [-0.25, -0.2) is 4.79 Å². The second-order valence-electron chi connectivity index (χ2n) is 11.7. The van der Waals surface area contributed by atoms with Crippen LogP contribution < -0.4 is 0 Å². The van der Waals surface area contributed by atoms with Gasteiger partial charge in [0.1, 0.15) is 11.9 Å². The summed E-state index contributed by atoms with van der Waals surface area (Å²) in [6.07, 6.45) is 4.03. The molecule has 4 nitrogen and oxygen atoms in total. The van der Waals surface area contributed by atoms with Gasteiger partial charge in [0, 0.05) is 23.6 Å². The average Bonchev–Trinajstić information content (AvgIpc) is 2.82. The number of hydrogen-bond acceptors (Lipinski definition) is 4. The van der Waals surface area contributed by atoms with Gasteiger partial charge >= 0.3 is 5.97 Å². The summed E-state index contributed by atoms with van der Waals surface area (Å²) in [6.45, 7) is 16.5. The van der Waals surface area contributed by atoms with Crippen LogP contribution in [-0.2, 0) is 4.74 Å². The van der Waals surface area contributed by atoms with Gasteiger partial charge in [-0.2, -0.15) is 0 Å². The normalized spacial score (nSPS) is 20.8. The fourth-order valence-corrected chi connectivity index (χ4v) is 5.99. The van der Waals surface area contributed by atoms with E-state index in [-0.39, 0.29) is 36.1 Å². The molecule has 0 amide bonds. The monoisotopic (exact) mass is 529 g/mol. The fourth-order valence-electron chi connectivity index (χ4n) is 5.99. The second kappa shape index (κ2) is 14.2. The molecule has 5 heteroatoms. The number of aromatic hydroxyl groups is 1. The number of halogens is 1. The van der Waals surface area contributed by atoms with Crippen molar-refractivity contribution in [1.29, 1.82) is 0 Å². The molecule has 0 bridgehead atoms. The predicted molar refractivity (Wildman–Crippen MR) is 156 cm³/mol. The summed E-state index contributed by atoms with van der Waals surface area (Å²) >= 11 is 0. The number of carbonyl (C=O) groups excluding carboxylic acids is 1. The maximum Gasteiger partial charge on any atom is 0.338 e. The molecule has 2 aromatic rings. The molecular weight excluding hydrogens is 482 g/mol. The smallest absolute Gasteiger partial charge is 0.338 e. The van der Waals surface area contributed by atoms with Crippen LogP contribution in [0.1, 0.15) is 102 Å². The molecule has 37 heavy (non-hydrogen) atoms. The Morgan fingerprint density at radius 1 is 1.00 bits per heavy atom. The molecule has 4 atom stereocenters. The zero-order valence-electron chi connectivity index (χ0n) is 23.8. The van der Waals surface area contributed by atoms with E-state index in [1.54, 1.807) is 12.1 Å². The molecule has 3 rings (SSSR count). The highest BCUT2D eigenvalue weighted by Gasteiger charge is 2.34. The van der Waals surface area contributed by atoms with Gasteiger partial charge in [-0.3, -0.25) is 4.90 Å². The number of nitrogens with zero attached hydrogens (tertiary/aromatic N) is 1. The Labute approximate surface area is 231 Å². The van der Waals surface area contributed by atoms with Crippen molar-refractivity contribution < 1.29 is 14.6 Å². The number of ether oxygens (including phenoxy) is 1. The van der Waals surface area contributed by atoms with Gasteiger partial charge in [-0.15, -0.1) is 12.4 Å². The fraction of sp³-hybridized carbons (Fsp3) is 0.594. The second-order valence-corrected chi connectivity index (χ2v) is 11.7. The van der Waals surface area contributed by atoms with Crippen molar-refractivity contribution in [2.75, 3.05) is 6.54 Å². The first kappa shape index (κ1) is 31.2. The van der Waals surface area contributed by atoms with Crippen molar-refractivity contribution >= 4 is 18.4 Å². The van der Waals surface area contributed by atoms with Gasteiger partial charge in [0.05, 0.1) is 5.56 Å². The third-order valence-electron chi connectivity index (χ3n) is 8.06. The SMILES string of the molecule is CC(C)[C@H]1CC[C@H](C)C[C@@H]1OC(=O)c1ccc(O)c([C@@H](CCN(C(C)C)C(C)C)c2ccccc2)c1.Cl. The lowest BCUT2D eigenvalue weighted by molar-refractivity contribution is -0.0174. The summed E-state index contributed by atoms with van der Waals surface area (Å²) in [7, 11) is 0. The summed E-state index contributed by atoms with van der Waals surface area (Å²) in [4.78, 5) is 15.8. The zero-order valence-corrected chi connectivity index (χ0v) is 24.6. The van der Waals surface area contributed by atoms with Crippen molar-refractivity contribution in [3.63, 3.8) is 0 Å². The minimum Gasteiger partial charge on any atom is -0.508 e. The molecule has 2 aromatic carbocycles. The molecule has 0 radical (unpaired) electrons. The Kier molecular flexibility index (Phi) is 12.0. The van der Waals surface area contributed by atoms with Gasteiger partial charge in [0.15, 0.2) is 0 Å². The van der Waals surface area contributed by atoms with Crippen LogP contribution >= 0.6 is 12.4 Å².